The van der Waals surface area contributed by atoms with Crippen LogP contribution in [0, 0.1) is 13.8 Å². The second kappa shape index (κ2) is 7.11. The lowest BCUT2D eigenvalue weighted by Gasteiger charge is -2.11. The van der Waals surface area contributed by atoms with Crippen LogP contribution in [-0.2, 0) is 21.2 Å². The first-order valence-corrected chi connectivity index (χ1v) is 11.1. The van der Waals surface area contributed by atoms with Gasteiger partial charge in [-0.3, -0.25) is 14.0 Å². The van der Waals surface area contributed by atoms with Crippen LogP contribution >= 0.6 is 0 Å². The van der Waals surface area contributed by atoms with Crippen molar-refractivity contribution in [1.82, 2.24) is 19.3 Å². The Bertz CT molecular complexity index is 1260. The van der Waals surface area contributed by atoms with E-state index in [1.807, 2.05) is 32.0 Å². The maximum Gasteiger partial charge on any atom is 0.348 e. The number of fused-ring (bicyclic) bond motifs is 1. The first-order chi connectivity index (χ1) is 13.7. The van der Waals surface area contributed by atoms with E-state index in [0.717, 1.165) is 11.1 Å². The molecule has 1 aliphatic rings. The molecule has 1 atom stereocenters. The lowest BCUT2D eigenvalue weighted by Crippen LogP contribution is -2.29. The Morgan fingerprint density at radius 1 is 1.17 bits per heavy atom. The summed E-state index contributed by atoms with van der Waals surface area (Å²) < 4.78 is 26.4. The standard InChI is InChI=1S/C19H21N5O4S/c1-12-5-13(2)7-14(6-12)22-18(25)10-23-16-9-21-24(17(16)8-20-19(23)26)15-3-4-29(27,28)11-15/h5-9,15H,3-4,10-11H2,1-2H3,(H,22,25)/t15-/m0/s1. The number of aryl methyl sites for hydroxylation is 2. The molecule has 1 fully saturated rings. The first-order valence-electron chi connectivity index (χ1n) is 9.23. The molecule has 1 N–H and O–H groups in total. The topological polar surface area (TPSA) is 116 Å². The van der Waals surface area contributed by atoms with E-state index < -0.39 is 15.5 Å². The number of rotatable bonds is 4. The van der Waals surface area contributed by atoms with Crippen molar-refractivity contribution in [3.05, 3.63) is 52.2 Å². The van der Waals surface area contributed by atoms with Gasteiger partial charge in [-0.2, -0.15) is 10.1 Å². The molecule has 3 aromatic rings. The van der Waals surface area contributed by atoms with E-state index in [1.165, 1.54) is 17.0 Å². The highest BCUT2D eigenvalue weighted by Gasteiger charge is 2.31. The molecular formula is C19H21N5O4S. The van der Waals surface area contributed by atoms with E-state index in [0.29, 0.717) is 23.1 Å². The molecule has 0 spiro atoms. The number of benzene rings is 1. The zero-order valence-corrected chi connectivity index (χ0v) is 16.9. The van der Waals surface area contributed by atoms with E-state index in [1.54, 1.807) is 4.68 Å². The Hall–Kier alpha value is -3.01. The molecule has 29 heavy (non-hydrogen) atoms. The summed E-state index contributed by atoms with van der Waals surface area (Å²) in [5.41, 5.74) is 3.12. The highest BCUT2D eigenvalue weighted by Crippen LogP contribution is 2.26. The number of nitrogens with zero attached hydrogens (tertiary/aromatic N) is 4. The molecule has 0 radical (unpaired) electrons. The summed E-state index contributed by atoms with van der Waals surface area (Å²) in [5, 5.41) is 7.08. The third-order valence-corrected chi connectivity index (χ3v) is 6.74. The van der Waals surface area contributed by atoms with Gasteiger partial charge in [-0.05, 0) is 43.5 Å². The van der Waals surface area contributed by atoms with Crippen molar-refractivity contribution in [2.24, 2.45) is 0 Å². The van der Waals surface area contributed by atoms with Gasteiger partial charge in [-0.1, -0.05) is 6.07 Å². The predicted octanol–water partition coefficient (Wildman–Crippen LogP) is 1.21. The molecule has 10 heteroatoms. The third kappa shape index (κ3) is 3.93. The lowest BCUT2D eigenvalue weighted by atomic mass is 10.1. The Morgan fingerprint density at radius 2 is 1.90 bits per heavy atom. The highest BCUT2D eigenvalue weighted by atomic mass is 32.2. The minimum Gasteiger partial charge on any atom is -0.325 e. The fourth-order valence-electron chi connectivity index (χ4n) is 3.79. The van der Waals surface area contributed by atoms with Crippen LogP contribution < -0.4 is 11.0 Å². The molecule has 1 saturated heterocycles. The van der Waals surface area contributed by atoms with Gasteiger partial charge < -0.3 is 5.32 Å². The fraction of sp³-hybridized carbons (Fsp3) is 0.368. The molecule has 9 nitrogen and oxygen atoms in total. The largest absolute Gasteiger partial charge is 0.348 e. The normalized spacial score (nSPS) is 18.2. The van der Waals surface area contributed by atoms with Crippen molar-refractivity contribution >= 4 is 32.5 Å². The quantitative estimate of drug-likeness (QED) is 0.685. The molecule has 1 aliphatic heterocycles. The first kappa shape index (κ1) is 19.3. The van der Waals surface area contributed by atoms with Crippen LogP contribution in [0.15, 0.2) is 35.4 Å². The fourth-order valence-corrected chi connectivity index (χ4v) is 5.48. The van der Waals surface area contributed by atoms with Crippen molar-refractivity contribution in [1.29, 1.82) is 0 Å². The van der Waals surface area contributed by atoms with Crippen LogP contribution in [-0.4, -0.2) is 45.2 Å². The number of carbonyl (C=O) groups excluding carboxylic acids is 1. The lowest BCUT2D eigenvalue weighted by molar-refractivity contribution is -0.116. The molecule has 3 heterocycles. The molecular weight excluding hydrogens is 394 g/mol. The maximum atomic E-state index is 12.5. The number of hydrogen-bond donors (Lipinski definition) is 1. The Balaban J connectivity index is 1.63. The van der Waals surface area contributed by atoms with Crippen LogP contribution in [0.25, 0.3) is 11.0 Å². The number of amides is 1. The highest BCUT2D eigenvalue weighted by molar-refractivity contribution is 7.91. The third-order valence-electron chi connectivity index (χ3n) is 4.99. The number of anilines is 1. The number of aromatic nitrogens is 4. The SMILES string of the molecule is Cc1cc(C)cc(NC(=O)Cn2c(=O)ncc3c2cnn3[C@H]2CCS(=O)(=O)C2)c1. The Morgan fingerprint density at radius 3 is 2.55 bits per heavy atom. The molecule has 1 aromatic carbocycles. The summed E-state index contributed by atoms with van der Waals surface area (Å²) >= 11 is 0. The van der Waals surface area contributed by atoms with E-state index >= 15 is 0 Å². The molecule has 0 aliphatic carbocycles. The molecule has 0 bridgehead atoms. The summed E-state index contributed by atoms with van der Waals surface area (Å²) in [7, 11) is -3.08. The predicted molar refractivity (Wildman–Crippen MR) is 109 cm³/mol. The average Bonchev–Trinajstić information content (AvgIpc) is 3.19. The Kier molecular flexibility index (Phi) is 4.73. The Labute approximate surface area is 167 Å². The number of sulfone groups is 1. The van der Waals surface area contributed by atoms with Gasteiger partial charge in [0.1, 0.15) is 12.1 Å². The summed E-state index contributed by atoms with van der Waals surface area (Å²) in [5.74, 6) is -0.233. The molecule has 0 saturated carbocycles. The molecule has 152 valence electrons. The number of hydrogen-bond acceptors (Lipinski definition) is 6. The van der Waals surface area contributed by atoms with E-state index in [4.69, 9.17) is 0 Å². The van der Waals surface area contributed by atoms with Crippen molar-refractivity contribution < 1.29 is 13.2 Å². The molecule has 4 rings (SSSR count). The van der Waals surface area contributed by atoms with Crippen LogP contribution in [0.1, 0.15) is 23.6 Å². The van der Waals surface area contributed by atoms with Gasteiger partial charge in [0.2, 0.25) is 5.91 Å². The van der Waals surface area contributed by atoms with E-state index in [2.05, 4.69) is 15.4 Å². The minimum absolute atomic E-state index is 0.0100. The molecule has 0 unspecified atom stereocenters. The van der Waals surface area contributed by atoms with Crippen molar-refractivity contribution in [3.8, 4) is 0 Å². The van der Waals surface area contributed by atoms with Crippen molar-refractivity contribution in [3.63, 3.8) is 0 Å². The zero-order valence-electron chi connectivity index (χ0n) is 16.1. The monoisotopic (exact) mass is 415 g/mol. The van der Waals surface area contributed by atoms with Crippen molar-refractivity contribution in [2.45, 2.75) is 32.9 Å². The smallest absolute Gasteiger partial charge is 0.325 e. The molecule has 1 amide bonds. The van der Waals surface area contributed by atoms with E-state index in [-0.39, 0.29) is 30.0 Å². The summed E-state index contributed by atoms with van der Waals surface area (Å²) in [6, 6.07) is 5.41. The summed E-state index contributed by atoms with van der Waals surface area (Å²) in [6.45, 7) is 3.66. The summed E-state index contributed by atoms with van der Waals surface area (Å²) in [6.07, 6.45) is 3.33. The van der Waals surface area contributed by atoms with Crippen LogP contribution in [0.4, 0.5) is 5.69 Å². The number of carbonyl (C=O) groups is 1. The second-order valence-corrected chi connectivity index (χ2v) is 9.70. The molecule has 2 aromatic heterocycles. The van der Waals surface area contributed by atoms with Gasteiger partial charge >= 0.3 is 5.69 Å². The van der Waals surface area contributed by atoms with Gasteiger partial charge in [0.05, 0.1) is 35.5 Å². The van der Waals surface area contributed by atoms with Crippen LogP contribution in [0.5, 0.6) is 0 Å². The maximum absolute atomic E-state index is 12.5. The van der Waals surface area contributed by atoms with Gasteiger partial charge in [0.15, 0.2) is 9.84 Å². The zero-order chi connectivity index (χ0) is 20.8. The van der Waals surface area contributed by atoms with Gasteiger partial charge in [0.25, 0.3) is 0 Å². The second-order valence-electron chi connectivity index (χ2n) is 7.47. The summed E-state index contributed by atoms with van der Waals surface area (Å²) in [4.78, 5) is 28.7. The average molecular weight is 415 g/mol. The minimum atomic E-state index is -3.08. The van der Waals surface area contributed by atoms with Gasteiger partial charge in [0, 0.05) is 5.69 Å². The van der Waals surface area contributed by atoms with Crippen LogP contribution in [0.2, 0.25) is 0 Å². The van der Waals surface area contributed by atoms with Gasteiger partial charge in [-0.25, -0.2) is 13.2 Å². The van der Waals surface area contributed by atoms with Gasteiger partial charge in [-0.15, -0.1) is 0 Å². The van der Waals surface area contributed by atoms with Crippen molar-refractivity contribution in [2.75, 3.05) is 16.8 Å². The van der Waals surface area contributed by atoms with E-state index in [9.17, 15) is 18.0 Å². The van der Waals surface area contributed by atoms with Crippen LogP contribution in [0.3, 0.4) is 0 Å². The number of nitrogens with one attached hydrogen (secondary N) is 1.